The van der Waals surface area contributed by atoms with Crippen molar-refractivity contribution >= 4 is 5.82 Å². The molecule has 0 atom stereocenters. The Bertz CT molecular complexity index is 411. The molecule has 3 N–H and O–H groups in total. The number of aryl methyl sites for hydroxylation is 1. The van der Waals surface area contributed by atoms with E-state index in [-0.39, 0.29) is 5.56 Å². The van der Waals surface area contributed by atoms with Gasteiger partial charge in [-0.1, -0.05) is 0 Å². The monoisotopic (exact) mass is 222 g/mol. The van der Waals surface area contributed by atoms with E-state index in [0.717, 1.165) is 18.8 Å². The topological polar surface area (TPSA) is 75.0 Å². The molecule has 0 radical (unpaired) electrons. The van der Waals surface area contributed by atoms with E-state index in [0.29, 0.717) is 18.4 Å². The lowest BCUT2D eigenvalue weighted by atomic mass is 10.3. The van der Waals surface area contributed by atoms with E-state index in [1.807, 2.05) is 0 Å². The van der Waals surface area contributed by atoms with Crippen molar-refractivity contribution in [2.24, 2.45) is 5.73 Å². The van der Waals surface area contributed by atoms with Gasteiger partial charge in [0.05, 0.1) is 0 Å². The van der Waals surface area contributed by atoms with Crippen LogP contribution in [0.1, 0.15) is 25.1 Å². The number of nitrogens with two attached hydrogens (primary N) is 1. The van der Waals surface area contributed by atoms with Crippen LogP contribution >= 0.6 is 0 Å². The lowest BCUT2D eigenvalue weighted by Crippen LogP contribution is -2.30. The summed E-state index contributed by atoms with van der Waals surface area (Å²) >= 11 is 0. The molecule has 2 rings (SSSR count). The summed E-state index contributed by atoms with van der Waals surface area (Å²) in [6.45, 7) is 3.36. The van der Waals surface area contributed by atoms with Gasteiger partial charge in [0.1, 0.15) is 11.6 Å². The Morgan fingerprint density at radius 1 is 1.62 bits per heavy atom. The zero-order chi connectivity index (χ0) is 11.5. The summed E-state index contributed by atoms with van der Waals surface area (Å²) in [5.41, 5.74) is 5.44. The highest BCUT2D eigenvalue weighted by atomic mass is 16.1. The van der Waals surface area contributed by atoms with Gasteiger partial charge in [0.2, 0.25) is 0 Å². The molecule has 88 valence electrons. The second-order valence-corrected chi connectivity index (χ2v) is 4.26. The van der Waals surface area contributed by atoms with Crippen molar-refractivity contribution in [3.63, 3.8) is 0 Å². The van der Waals surface area contributed by atoms with Crippen molar-refractivity contribution in [3.8, 4) is 0 Å². The van der Waals surface area contributed by atoms with E-state index in [1.165, 1.54) is 12.8 Å². The van der Waals surface area contributed by atoms with Gasteiger partial charge in [0.25, 0.3) is 5.56 Å². The third-order valence-corrected chi connectivity index (χ3v) is 2.73. The average Bonchev–Trinajstić information content (AvgIpc) is 3.01. The van der Waals surface area contributed by atoms with Crippen LogP contribution in [0.4, 0.5) is 5.82 Å². The number of nitrogens with one attached hydrogen (secondary N) is 1. The minimum atomic E-state index is -0.0825. The summed E-state index contributed by atoms with van der Waals surface area (Å²) in [6, 6.07) is 2.13. The fourth-order valence-corrected chi connectivity index (χ4v) is 1.84. The molecule has 1 aromatic heterocycles. The molecule has 1 heterocycles. The second kappa shape index (κ2) is 4.65. The van der Waals surface area contributed by atoms with Crippen molar-refractivity contribution in [3.05, 3.63) is 22.2 Å². The maximum atomic E-state index is 11.4. The molecule has 0 amide bonds. The van der Waals surface area contributed by atoms with Gasteiger partial charge in [0, 0.05) is 18.7 Å². The van der Waals surface area contributed by atoms with Crippen LogP contribution in [0.25, 0.3) is 0 Å². The third-order valence-electron chi connectivity index (χ3n) is 2.73. The summed E-state index contributed by atoms with van der Waals surface area (Å²) in [4.78, 5) is 20.6. The molecule has 0 aromatic carbocycles. The summed E-state index contributed by atoms with van der Waals surface area (Å²) in [6.07, 6.45) is 3.32. The van der Waals surface area contributed by atoms with Crippen LogP contribution in [0.5, 0.6) is 0 Å². The fourth-order valence-electron chi connectivity index (χ4n) is 1.84. The van der Waals surface area contributed by atoms with E-state index < -0.39 is 0 Å². The van der Waals surface area contributed by atoms with E-state index in [2.05, 4.69) is 14.9 Å². The predicted molar refractivity (Wildman–Crippen MR) is 63.6 cm³/mol. The molecule has 0 bridgehead atoms. The van der Waals surface area contributed by atoms with Crippen LogP contribution in [0.3, 0.4) is 0 Å². The first-order valence-corrected chi connectivity index (χ1v) is 5.75. The SMILES string of the molecule is Cc1nc(N(CCCN)C2CC2)cc(=O)[nH]1. The Hall–Kier alpha value is -1.36. The van der Waals surface area contributed by atoms with E-state index in [9.17, 15) is 4.79 Å². The Labute approximate surface area is 94.7 Å². The van der Waals surface area contributed by atoms with E-state index in [1.54, 1.807) is 13.0 Å². The molecule has 1 aromatic rings. The van der Waals surface area contributed by atoms with Crippen LogP contribution in [-0.4, -0.2) is 29.1 Å². The minimum absolute atomic E-state index is 0.0825. The first-order chi connectivity index (χ1) is 7.70. The van der Waals surface area contributed by atoms with Crippen LogP contribution < -0.4 is 16.2 Å². The van der Waals surface area contributed by atoms with E-state index in [4.69, 9.17) is 5.73 Å². The first kappa shape index (κ1) is 11.1. The van der Waals surface area contributed by atoms with Crippen LogP contribution in [0, 0.1) is 6.92 Å². The molecular weight excluding hydrogens is 204 g/mol. The number of nitrogens with zero attached hydrogens (tertiary/aromatic N) is 2. The summed E-state index contributed by atoms with van der Waals surface area (Å²) in [5.74, 6) is 1.46. The smallest absolute Gasteiger partial charge is 0.252 e. The van der Waals surface area contributed by atoms with Gasteiger partial charge < -0.3 is 15.6 Å². The standard InChI is InChI=1S/C11H18N4O/c1-8-13-10(7-11(16)14-8)15(6-2-5-12)9-3-4-9/h7,9H,2-6,12H2,1H3,(H,13,14,16). The molecule has 0 aliphatic heterocycles. The van der Waals surface area contributed by atoms with Crippen LogP contribution in [-0.2, 0) is 0 Å². The molecule has 16 heavy (non-hydrogen) atoms. The predicted octanol–water partition coefficient (Wildman–Crippen LogP) is 0.396. The second-order valence-electron chi connectivity index (χ2n) is 4.26. The normalized spacial score (nSPS) is 15.1. The molecule has 1 saturated carbocycles. The lowest BCUT2D eigenvalue weighted by molar-refractivity contribution is 0.718. The zero-order valence-electron chi connectivity index (χ0n) is 9.57. The Morgan fingerprint density at radius 3 is 2.94 bits per heavy atom. The quantitative estimate of drug-likeness (QED) is 0.756. The van der Waals surface area contributed by atoms with Gasteiger partial charge in [-0.2, -0.15) is 0 Å². The van der Waals surface area contributed by atoms with Crippen LogP contribution in [0.2, 0.25) is 0 Å². The Morgan fingerprint density at radius 2 is 2.38 bits per heavy atom. The molecule has 0 unspecified atom stereocenters. The number of hydrogen-bond acceptors (Lipinski definition) is 4. The lowest BCUT2D eigenvalue weighted by Gasteiger charge is -2.23. The molecule has 0 saturated heterocycles. The molecule has 1 aliphatic carbocycles. The summed E-state index contributed by atoms with van der Waals surface area (Å²) < 4.78 is 0. The number of aromatic nitrogens is 2. The van der Waals surface area contributed by atoms with Crippen molar-refractivity contribution in [2.75, 3.05) is 18.0 Å². The van der Waals surface area contributed by atoms with Crippen molar-refractivity contribution in [1.29, 1.82) is 0 Å². The first-order valence-electron chi connectivity index (χ1n) is 5.75. The number of H-pyrrole nitrogens is 1. The van der Waals surface area contributed by atoms with Gasteiger partial charge in [-0.25, -0.2) is 4.98 Å². The molecular formula is C11H18N4O. The maximum Gasteiger partial charge on any atom is 0.252 e. The number of hydrogen-bond donors (Lipinski definition) is 2. The third kappa shape index (κ3) is 2.61. The van der Waals surface area contributed by atoms with Gasteiger partial charge >= 0.3 is 0 Å². The highest BCUT2D eigenvalue weighted by Crippen LogP contribution is 2.30. The highest BCUT2D eigenvalue weighted by Gasteiger charge is 2.29. The van der Waals surface area contributed by atoms with Gasteiger partial charge in [-0.05, 0) is 32.7 Å². The minimum Gasteiger partial charge on any atom is -0.353 e. The zero-order valence-corrected chi connectivity index (χ0v) is 9.57. The van der Waals surface area contributed by atoms with Crippen molar-refractivity contribution < 1.29 is 0 Å². The summed E-state index contributed by atoms with van der Waals surface area (Å²) in [7, 11) is 0. The fraction of sp³-hybridized carbons (Fsp3) is 0.636. The average molecular weight is 222 g/mol. The molecule has 0 spiro atoms. The molecule has 5 nitrogen and oxygen atoms in total. The van der Waals surface area contributed by atoms with Gasteiger partial charge in [-0.15, -0.1) is 0 Å². The Balaban J connectivity index is 2.20. The highest BCUT2D eigenvalue weighted by molar-refractivity contribution is 5.40. The van der Waals surface area contributed by atoms with E-state index >= 15 is 0 Å². The Kier molecular flexibility index (Phi) is 3.24. The van der Waals surface area contributed by atoms with Gasteiger partial charge in [0.15, 0.2) is 0 Å². The summed E-state index contributed by atoms with van der Waals surface area (Å²) in [5, 5.41) is 0. The molecule has 5 heteroatoms. The van der Waals surface area contributed by atoms with Gasteiger partial charge in [-0.3, -0.25) is 4.79 Å². The van der Waals surface area contributed by atoms with Crippen LogP contribution in [0.15, 0.2) is 10.9 Å². The largest absolute Gasteiger partial charge is 0.353 e. The molecule has 1 aliphatic rings. The number of rotatable bonds is 5. The van der Waals surface area contributed by atoms with Crippen molar-refractivity contribution in [1.82, 2.24) is 9.97 Å². The van der Waals surface area contributed by atoms with Crippen molar-refractivity contribution in [2.45, 2.75) is 32.2 Å². The number of aromatic amines is 1. The molecule has 1 fully saturated rings. The number of anilines is 1. The maximum absolute atomic E-state index is 11.4.